The molecule has 2 saturated heterocycles. The van der Waals surface area contributed by atoms with Crippen molar-refractivity contribution in [3.63, 3.8) is 0 Å². The van der Waals surface area contributed by atoms with Gasteiger partial charge in [-0.25, -0.2) is 26.8 Å². The molecule has 2 amide bonds. The van der Waals surface area contributed by atoms with Crippen LogP contribution < -0.4 is 5.14 Å². The van der Waals surface area contributed by atoms with Gasteiger partial charge in [-0.2, -0.15) is 0 Å². The van der Waals surface area contributed by atoms with Gasteiger partial charge in [0.2, 0.25) is 10.0 Å². The fraction of sp³-hybridized carbons (Fsp3) is 0.391. The second-order valence-corrected chi connectivity index (χ2v) is 13.4. The lowest BCUT2D eigenvalue weighted by Crippen LogP contribution is -2.62. The Bertz CT molecular complexity index is 1410. The van der Waals surface area contributed by atoms with Crippen LogP contribution in [0.25, 0.3) is 0 Å². The summed E-state index contributed by atoms with van der Waals surface area (Å²) in [6, 6.07) is 9.98. The Labute approximate surface area is 214 Å². The average Bonchev–Trinajstić information content (AvgIpc) is 2.79. The molecule has 0 unspecified atom stereocenters. The van der Waals surface area contributed by atoms with Gasteiger partial charge in [-0.1, -0.05) is 17.7 Å². The van der Waals surface area contributed by atoms with Gasteiger partial charge in [-0.05, 0) is 54.8 Å². The second kappa shape index (κ2) is 9.66. The van der Waals surface area contributed by atoms with E-state index < -0.39 is 26.0 Å². The molecule has 194 valence electrons. The molecule has 0 radical (unpaired) electrons. The fourth-order valence-electron chi connectivity index (χ4n) is 4.53. The molecule has 0 saturated carbocycles. The first-order valence-corrected chi connectivity index (χ1v) is 14.9. The van der Waals surface area contributed by atoms with Crippen molar-refractivity contribution >= 4 is 43.5 Å². The number of likely N-dealkylation sites (tertiary alicyclic amines) is 2. The number of amides is 2. The Balaban J connectivity index is 1.29. The summed E-state index contributed by atoms with van der Waals surface area (Å²) in [5.41, 5.74) is 0.642. The number of hydrogen-bond acceptors (Lipinski definition) is 7. The zero-order chi connectivity index (χ0) is 26.3. The molecule has 4 rings (SSSR count). The normalized spacial score (nSPS) is 17.5. The summed E-state index contributed by atoms with van der Waals surface area (Å²) in [7, 11) is -7.35. The van der Waals surface area contributed by atoms with E-state index in [0.29, 0.717) is 44.6 Å². The third kappa shape index (κ3) is 5.83. The maximum absolute atomic E-state index is 12.8. The minimum absolute atomic E-state index is 0.0569. The number of nitrogens with two attached hydrogens (primary N) is 1. The second-order valence-electron chi connectivity index (χ2n) is 9.34. The Hall–Kier alpha value is -2.67. The number of rotatable bonds is 5. The molecule has 0 bridgehead atoms. The maximum Gasteiger partial charge on any atom is 0.410 e. The van der Waals surface area contributed by atoms with Crippen molar-refractivity contribution in [2.24, 2.45) is 10.6 Å². The number of benzene rings is 2. The highest BCUT2D eigenvalue weighted by Gasteiger charge is 2.47. The van der Waals surface area contributed by atoms with Crippen LogP contribution in [-0.4, -0.2) is 71.1 Å². The molecule has 0 aliphatic carbocycles. The molecule has 0 atom stereocenters. The molecule has 2 aromatic carbocycles. The first kappa shape index (κ1) is 26.4. The number of carbonyl (C=O) groups excluding carboxylic acids is 2. The van der Waals surface area contributed by atoms with E-state index in [1.54, 1.807) is 21.9 Å². The van der Waals surface area contributed by atoms with Gasteiger partial charge in [0.05, 0.1) is 9.79 Å². The van der Waals surface area contributed by atoms with Crippen molar-refractivity contribution in [1.82, 2.24) is 9.80 Å². The van der Waals surface area contributed by atoms with E-state index >= 15 is 0 Å². The molecule has 2 aliphatic heterocycles. The summed E-state index contributed by atoms with van der Waals surface area (Å²) in [5, 5.41) is 5.40. The third-order valence-electron chi connectivity index (χ3n) is 6.55. The van der Waals surface area contributed by atoms with Crippen LogP contribution >= 0.6 is 11.6 Å². The zero-order valence-corrected chi connectivity index (χ0v) is 21.9. The number of sulfone groups is 1. The lowest BCUT2D eigenvalue weighted by molar-refractivity contribution is -0.0320. The van der Waals surface area contributed by atoms with Crippen LogP contribution in [0, 0.1) is 5.41 Å². The first-order chi connectivity index (χ1) is 16.8. The summed E-state index contributed by atoms with van der Waals surface area (Å²) in [6.45, 7) is 1.86. The van der Waals surface area contributed by atoms with Crippen LogP contribution in [0.3, 0.4) is 0 Å². The number of halogens is 1. The molecule has 2 fully saturated rings. The minimum atomic E-state index is -3.90. The van der Waals surface area contributed by atoms with Gasteiger partial charge < -0.3 is 14.5 Å². The number of hydrogen-bond donors (Lipinski definition) is 1. The lowest BCUT2D eigenvalue weighted by atomic mass is 9.72. The van der Waals surface area contributed by atoms with E-state index in [0.717, 1.165) is 6.26 Å². The van der Waals surface area contributed by atoms with Gasteiger partial charge in [0, 0.05) is 48.4 Å². The smallest absolute Gasteiger partial charge is 0.410 e. The summed E-state index contributed by atoms with van der Waals surface area (Å²) >= 11 is 6.00. The van der Waals surface area contributed by atoms with Crippen molar-refractivity contribution in [2.75, 3.05) is 32.4 Å². The largest absolute Gasteiger partial charge is 0.445 e. The van der Waals surface area contributed by atoms with Crippen LogP contribution in [-0.2, 0) is 31.2 Å². The van der Waals surface area contributed by atoms with E-state index in [9.17, 15) is 26.4 Å². The minimum Gasteiger partial charge on any atom is -0.445 e. The summed E-state index contributed by atoms with van der Waals surface area (Å²) in [4.78, 5) is 28.5. The van der Waals surface area contributed by atoms with Crippen LogP contribution in [0.2, 0.25) is 5.02 Å². The van der Waals surface area contributed by atoms with Crippen molar-refractivity contribution < 1.29 is 31.2 Å². The summed E-state index contributed by atoms with van der Waals surface area (Å²) in [5.74, 6) is -0.261. The quantitative estimate of drug-likeness (QED) is 0.595. The summed E-state index contributed by atoms with van der Waals surface area (Å²) < 4.78 is 52.1. The number of nitrogens with zero attached hydrogens (tertiary/aromatic N) is 2. The average molecular weight is 556 g/mol. The van der Waals surface area contributed by atoms with Gasteiger partial charge in [-0.3, -0.25) is 4.79 Å². The molecule has 1 spiro atoms. The SMILES string of the molecule is CS(=O)(=O)c1cc(Cl)cc(COC(=O)N2CCC3(CC2)CN(C(=O)c2cccc(S(N)(=O)=O)c2)C3)c1. The van der Waals surface area contributed by atoms with E-state index in [2.05, 4.69) is 0 Å². The van der Waals surface area contributed by atoms with Crippen molar-refractivity contribution in [2.45, 2.75) is 29.2 Å². The molecular formula is C23H26ClN3O7S2. The topological polar surface area (TPSA) is 144 Å². The highest BCUT2D eigenvalue weighted by atomic mass is 35.5. The van der Waals surface area contributed by atoms with E-state index in [1.807, 2.05) is 0 Å². The predicted octanol–water partition coefficient (Wildman–Crippen LogP) is 2.27. The highest BCUT2D eigenvalue weighted by molar-refractivity contribution is 7.90. The number of primary sulfonamides is 1. The van der Waals surface area contributed by atoms with Crippen LogP contribution in [0.15, 0.2) is 52.3 Å². The van der Waals surface area contributed by atoms with Crippen molar-refractivity contribution in [1.29, 1.82) is 0 Å². The monoisotopic (exact) mass is 555 g/mol. The number of piperidine rings is 1. The maximum atomic E-state index is 12.8. The Morgan fingerprint density at radius 2 is 1.67 bits per heavy atom. The molecule has 2 N–H and O–H groups in total. The molecule has 13 heteroatoms. The Morgan fingerprint density at radius 3 is 2.28 bits per heavy atom. The highest BCUT2D eigenvalue weighted by Crippen LogP contribution is 2.41. The van der Waals surface area contributed by atoms with Crippen LogP contribution in [0.1, 0.15) is 28.8 Å². The van der Waals surface area contributed by atoms with E-state index in [-0.39, 0.29) is 38.3 Å². The lowest BCUT2D eigenvalue weighted by Gasteiger charge is -2.53. The Morgan fingerprint density at radius 1 is 1.00 bits per heavy atom. The number of sulfonamides is 1. The Kier molecular flexibility index (Phi) is 7.08. The van der Waals surface area contributed by atoms with E-state index in [4.69, 9.17) is 21.5 Å². The zero-order valence-electron chi connectivity index (χ0n) is 19.5. The summed E-state index contributed by atoms with van der Waals surface area (Å²) in [6.07, 6.45) is 1.96. The number of ether oxygens (including phenoxy) is 1. The predicted molar refractivity (Wildman–Crippen MR) is 132 cm³/mol. The molecule has 0 aromatic heterocycles. The first-order valence-electron chi connectivity index (χ1n) is 11.1. The van der Waals surface area contributed by atoms with Crippen molar-refractivity contribution in [3.05, 3.63) is 58.6 Å². The molecule has 10 nitrogen and oxygen atoms in total. The van der Waals surface area contributed by atoms with Gasteiger partial charge >= 0.3 is 6.09 Å². The molecular weight excluding hydrogens is 530 g/mol. The standard InChI is InChI=1S/C23H26ClN3O7S2/c1-35(30,31)20-10-16(9-18(24)12-20)13-34-22(29)26-7-5-23(6-8-26)14-27(15-23)21(28)17-3-2-4-19(11-17)36(25,32)33/h2-4,9-12H,5-8,13-15H2,1H3,(H2,25,32,33). The van der Waals surface area contributed by atoms with Gasteiger partial charge in [0.15, 0.2) is 9.84 Å². The third-order valence-corrected chi connectivity index (χ3v) is 8.77. The molecule has 2 heterocycles. The molecule has 2 aromatic rings. The van der Waals surface area contributed by atoms with Crippen LogP contribution in [0.5, 0.6) is 0 Å². The van der Waals surface area contributed by atoms with E-state index in [1.165, 1.54) is 30.3 Å². The van der Waals surface area contributed by atoms with Gasteiger partial charge in [0.1, 0.15) is 6.61 Å². The van der Waals surface area contributed by atoms with Crippen LogP contribution in [0.4, 0.5) is 4.79 Å². The van der Waals surface area contributed by atoms with Gasteiger partial charge in [0.25, 0.3) is 5.91 Å². The fourth-order valence-corrected chi connectivity index (χ4v) is 6.12. The molecule has 2 aliphatic rings. The molecule has 36 heavy (non-hydrogen) atoms. The van der Waals surface area contributed by atoms with Gasteiger partial charge in [-0.15, -0.1) is 0 Å². The van der Waals surface area contributed by atoms with Crippen molar-refractivity contribution in [3.8, 4) is 0 Å². The number of carbonyl (C=O) groups is 2.